The summed E-state index contributed by atoms with van der Waals surface area (Å²) in [6.07, 6.45) is 6.59. The summed E-state index contributed by atoms with van der Waals surface area (Å²) < 4.78 is 14.9. The lowest BCUT2D eigenvalue weighted by molar-refractivity contribution is 0.102. The van der Waals surface area contributed by atoms with E-state index < -0.39 is 5.82 Å². The number of fused-ring (bicyclic) bond motifs is 1. The fourth-order valence-electron chi connectivity index (χ4n) is 5.27. The van der Waals surface area contributed by atoms with Crippen LogP contribution in [0.1, 0.15) is 52.4 Å². The highest BCUT2D eigenvalue weighted by molar-refractivity contribution is 6.05. The molecule has 8 nitrogen and oxygen atoms in total. The van der Waals surface area contributed by atoms with E-state index in [4.69, 9.17) is 0 Å². The van der Waals surface area contributed by atoms with Crippen LogP contribution in [0.5, 0.6) is 0 Å². The number of aromatic nitrogens is 3. The summed E-state index contributed by atoms with van der Waals surface area (Å²) in [7, 11) is 3.49. The van der Waals surface area contributed by atoms with Crippen molar-refractivity contribution < 1.29 is 14.0 Å². The second-order valence-corrected chi connectivity index (χ2v) is 10.7. The van der Waals surface area contributed by atoms with Crippen molar-refractivity contribution in [2.75, 3.05) is 32.5 Å². The third-order valence-corrected chi connectivity index (χ3v) is 7.73. The summed E-state index contributed by atoms with van der Waals surface area (Å²) in [6.45, 7) is 2.99. The minimum atomic E-state index is -0.469. The standard InChI is InChI=1S/C31H31FN6O2/c1-18-24(14-23(32)15-26(18)36-30(39)22-8-6-20(7-9-22)19-4-5-19)28-25-16-27(35-29(25)34-17-33-28)21-10-12-38(13-11-21)31(40)37(2)3/h6-10,14-17,19H,4-5,11-13H2,1-3H3,(H,36,39)(H,33,34,35). The first-order valence-electron chi connectivity index (χ1n) is 13.5. The molecular weight excluding hydrogens is 507 g/mol. The maximum atomic E-state index is 14.9. The smallest absolute Gasteiger partial charge is 0.319 e. The fraction of sp³-hybridized carbons (Fsp3) is 0.290. The molecule has 0 saturated heterocycles. The lowest BCUT2D eigenvalue weighted by atomic mass is 10.00. The van der Waals surface area contributed by atoms with Crippen LogP contribution in [0.4, 0.5) is 14.9 Å². The van der Waals surface area contributed by atoms with Crippen LogP contribution in [0.2, 0.25) is 0 Å². The van der Waals surface area contributed by atoms with E-state index in [0.29, 0.717) is 59.1 Å². The van der Waals surface area contributed by atoms with Gasteiger partial charge in [0.2, 0.25) is 0 Å². The van der Waals surface area contributed by atoms with Crippen molar-refractivity contribution in [2.45, 2.75) is 32.1 Å². The second kappa shape index (κ2) is 10.2. The average Bonchev–Trinajstić information content (AvgIpc) is 3.72. The summed E-state index contributed by atoms with van der Waals surface area (Å²) >= 11 is 0. The number of urea groups is 1. The van der Waals surface area contributed by atoms with Gasteiger partial charge in [-0.25, -0.2) is 19.2 Å². The number of benzene rings is 2. The molecular formula is C31H31FN6O2. The first kappa shape index (κ1) is 25.7. The number of rotatable bonds is 5. The zero-order valence-corrected chi connectivity index (χ0v) is 22.8. The number of carbonyl (C=O) groups excluding carboxylic acids is 2. The zero-order chi connectivity index (χ0) is 28.0. The Morgan fingerprint density at radius 3 is 2.55 bits per heavy atom. The largest absolute Gasteiger partial charge is 0.339 e. The summed E-state index contributed by atoms with van der Waals surface area (Å²) in [5, 5.41) is 3.65. The van der Waals surface area contributed by atoms with E-state index in [1.807, 2.05) is 43.3 Å². The maximum absolute atomic E-state index is 14.9. The molecule has 2 N–H and O–H groups in total. The molecule has 2 aromatic heterocycles. The lowest BCUT2D eigenvalue weighted by Crippen LogP contribution is -2.41. The number of carbonyl (C=O) groups is 2. The van der Waals surface area contributed by atoms with Gasteiger partial charge in [-0.15, -0.1) is 0 Å². The predicted octanol–water partition coefficient (Wildman–Crippen LogP) is 5.97. The van der Waals surface area contributed by atoms with E-state index in [-0.39, 0.29) is 11.9 Å². The number of H-pyrrole nitrogens is 1. The van der Waals surface area contributed by atoms with Crippen molar-refractivity contribution in [3.63, 3.8) is 0 Å². The van der Waals surface area contributed by atoms with Crippen LogP contribution in [0.3, 0.4) is 0 Å². The molecule has 0 bridgehead atoms. The molecule has 6 rings (SSSR count). The van der Waals surface area contributed by atoms with Gasteiger partial charge in [0.05, 0.1) is 5.69 Å². The molecule has 1 aliphatic carbocycles. The Hall–Kier alpha value is -4.53. The van der Waals surface area contributed by atoms with Gasteiger partial charge in [0.25, 0.3) is 5.91 Å². The van der Waals surface area contributed by atoms with Crippen molar-refractivity contribution in [1.82, 2.24) is 24.8 Å². The van der Waals surface area contributed by atoms with Gasteiger partial charge < -0.3 is 20.1 Å². The summed E-state index contributed by atoms with van der Waals surface area (Å²) in [5.41, 5.74) is 6.67. The van der Waals surface area contributed by atoms with E-state index >= 15 is 0 Å². The molecule has 4 aromatic rings. The topological polar surface area (TPSA) is 94.2 Å². The quantitative estimate of drug-likeness (QED) is 0.327. The van der Waals surface area contributed by atoms with E-state index in [9.17, 15) is 14.0 Å². The van der Waals surface area contributed by atoms with Crippen molar-refractivity contribution in [3.05, 3.63) is 83.1 Å². The predicted molar refractivity (Wildman–Crippen MR) is 154 cm³/mol. The highest BCUT2D eigenvalue weighted by atomic mass is 19.1. The lowest BCUT2D eigenvalue weighted by Gasteiger charge is -2.28. The summed E-state index contributed by atoms with van der Waals surface area (Å²) in [5.74, 6) is -0.145. The molecule has 1 saturated carbocycles. The number of halogens is 1. The van der Waals surface area contributed by atoms with Crippen LogP contribution in [0.15, 0.2) is 54.9 Å². The Morgan fingerprint density at radius 2 is 1.88 bits per heavy atom. The van der Waals surface area contributed by atoms with E-state index in [1.54, 1.807) is 23.9 Å². The van der Waals surface area contributed by atoms with Crippen LogP contribution in [-0.2, 0) is 0 Å². The number of anilines is 1. The van der Waals surface area contributed by atoms with Crippen molar-refractivity contribution in [3.8, 4) is 11.3 Å². The Bertz CT molecular complexity index is 1650. The van der Waals surface area contributed by atoms with Gasteiger partial charge in [-0.05, 0) is 79.1 Å². The molecule has 3 heterocycles. The van der Waals surface area contributed by atoms with Crippen molar-refractivity contribution >= 4 is 34.2 Å². The van der Waals surface area contributed by atoms with Crippen LogP contribution in [-0.4, -0.2) is 63.9 Å². The van der Waals surface area contributed by atoms with Crippen molar-refractivity contribution in [2.24, 2.45) is 0 Å². The van der Waals surface area contributed by atoms with Crippen LogP contribution >= 0.6 is 0 Å². The Balaban J connectivity index is 1.29. The van der Waals surface area contributed by atoms with Gasteiger partial charge in [-0.2, -0.15) is 0 Å². The molecule has 3 amide bonds. The highest BCUT2D eigenvalue weighted by Crippen LogP contribution is 2.40. The Morgan fingerprint density at radius 1 is 1.10 bits per heavy atom. The number of nitrogens with one attached hydrogen (secondary N) is 2. The third kappa shape index (κ3) is 4.95. The fourth-order valence-corrected chi connectivity index (χ4v) is 5.27. The molecule has 204 valence electrons. The van der Waals surface area contributed by atoms with Crippen LogP contribution in [0, 0.1) is 12.7 Å². The van der Waals surface area contributed by atoms with E-state index in [1.165, 1.54) is 36.9 Å². The van der Waals surface area contributed by atoms with Crippen LogP contribution in [0.25, 0.3) is 27.9 Å². The molecule has 40 heavy (non-hydrogen) atoms. The van der Waals surface area contributed by atoms with Crippen LogP contribution < -0.4 is 5.32 Å². The van der Waals surface area contributed by atoms with Gasteiger partial charge in [0.15, 0.2) is 0 Å². The molecule has 1 aliphatic heterocycles. The highest BCUT2D eigenvalue weighted by Gasteiger charge is 2.24. The minimum Gasteiger partial charge on any atom is -0.339 e. The Kier molecular flexibility index (Phi) is 6.57. The van der Waals surface area contributed by atoms with Gasteiger partial charge in [0, 0.05) is 55.1 Å². The minimum absolute atomic E-state index is 0.0140. The molecule has 9 heteroatoms. The third-order valence-electron chi connectivity index (χ3n) is 7.73. The van der Waals surface area contributed by atoms with E-state index in [0.717, 1.165) is 16.7 Å². The Labute approximate surface area is 231 Å². The summed E-state index contributed by atoms with van der Waals surface area (Å²) in [4.78, 5) is 41.0. The first-order valence-corrected chi connectivity index (χ1v) is 13.5. The molecule has 2 aromatic carbocycles. The van der Waals surface area contributed by atoms with Crippen molar-refractivity contribution in [1.29, 1.82) is 0 Å². The number of aromatic amines is 1. The monoisotopic (exact) mass is 538 g/mol. The number of hydrogen-bond acceptors (Lipinski definition) is 4. The summed E-state index contributed by atoms with van der Waals surface area (Å²) in [6, 6.07) is 12.4. The maximum Gasteiger partial charge on any atom is 0.319 e. The SMILES string of the molecule is Cc1c(NC(=O)c2ccc(C3CC3)cc2)cc(F)cc1-c1ncnc2[nH]c(C3=CCN(C(=O)N(C)C)CC3)cc12. The number of nitrogens with zero attached hydrogens (tertiary/aromatic N) is 4. The molecule has 0 spiro atoms. The molecule has 1 fully saturated rings. The molecule has 0 atom stereocenters. The average molecular weight is 539 g/mol. The van der Waals surface area contributed by atoms with Gasteiger partial charge in [-0.1, -0.05) is 18.2 Å². The van der Waals surface area contributed by atoms with Gasteiger partial charge in [-0.3, -0.25) is 4.79 Å². The van der Waals surface area contributed by atoms with E-state index in [2.05, 4.69) is 20.3 Å². The number of amides is 3. The zero-order valence-electron chi connectivity index (χ0n) is 22.8. The van der Waals surface area contributed by atoms with Gasteiger partial charge in [0.1, 0.15) is 17.8 Å². The molecule has 0 radical (unpaired) electrons. The second-order valence-electron chi connectivity index (χ2n) is 10.7. The first-order chi connectivity index (χ1) is 19.3. The molecule has 0 unspecified atom stereocenters. The van der Waals surface area contributed by atoms with Gasteiger partial charge >= 0.3 is 6.03 Å². The molecule has 2 aliphatic rings. The number of hydrogen-bond donors (Lipinski definition) is 2. The normalized spacial score (nSPS) is 15.2.